The zero-order valence-electron chi connectivity index (χ0n) is 10.2. The minimum Gasteiger partial charge on any atom is -0.468 e. The van der Waals surface area contributed by atoms with Crippen LogP contribution in [0.5, 0.6) is 0 Å². The topological polar surface area (TPSA) is 70.0 Å². The third-order valence-corrected chi connectivity index (χ3v) is 1.80. The van der Waals surface area contributed by atoms with Gasteiger partial charge in [0.25, 0.3) is 6.02 Å². The van der Waals surface area contributed by atoms with Crippen LogP contribution in [0.2, 0.25) is 0 Å². The smallest absolute Gasteiger partial charge is 0.294 e. The van der Waals surface area contributed by atoms with Gasteiger partial charge in [0, 0.05) is 26.0 Å². The Hall–Kier alpha value is -1.69. The number of ether oxygens (including phenoxy) is 1. The van der Waals surface area contributed by atoms with Gasteiger partial charge in [0.2, 0.25) is 0 Å². The van der Waals surface area contributed by atoms with Gasteiger partial charge in [0.05, 0.1) is 7.11 Å². The third kappa shape index (κ3) is 6.47. The van der Waals surface area contributed by atoms with Crippen molar-refractivity contribution in [2.75, 3.05) is 20.7 Å². The number of hydrazone groups is 1. The zero-order chi connectivity index (χ0) is 13.1. The maximum absolute atomic E-state index is 6.03. The molecule has 17 heavy (non-hydrogen) atoms. The van der Waals surface area contributed by atoms with E-state index in [0.717, 1.165) is 6.54 Å². The van der Waals surface area contributed by atoms with Gasteiger partial charge >= 0.3 is 0 Å². The number of amidine groups is 2. The molecule has 0 spiro atoms. The first-order valence-corrected chi connectivity index (χ1v) is 5.40. The molecule has 0 heterocycles. The predicted molar refractivity (Wildman–Crippen MR) is 71.9 cm³/mol. The van der Waals surface area contributed by atoms with E-state index >= 15 is 0 Å². The second kappa shape index (κ2) is 9.53. The van der Waals surface area contributed by atoms with Gasteiger partial charge in [0.15, 0.2) is 5.84 Å². The summed E-state index contributed by atoms with van der Waals surface area (Å²) in [7, 11) is 3.14. The summed E-state index contributed by atoms with van der Waals surface area (Å²) in [5.41, 5.74) is 2.63. The maximum Gasteiger partial charge on any atom is 0.294 e. The minimum atomic E-state index is 0.247. The largest absolute Gasteiger partial charge is 0.468 e. The van der Waals surface area contributed by atoms with E-state index < -0.39 is 0 Å². The molecule has 0 aromatic carbocycles. The van der Waals surface area contributed by atoms with Crippen LogP contribution in [0.25, 0.3) is 0 Å². The Morgan fingerprint density at radius 2 is 2.24 bits per heavy atom. The number of hydrogen-bond acceptors (Lipinski definition) is 5. The number of hydrogen-bond donors (Lipinski definition) is 3. The molecule has 0 fully saturated rings. The highest BCUT2D eigenvalue weighted by Crippen LogP contribution is 2.01. The molecule has 0 unspecified atom stereocenters. The van der Waals surface area contributed by atoms with Crippen molar-refractivity contribution in [1.82, 2.24) is 16.1 Å². The van der Waals surface area contributed by atoms with Crippen LogP contribution in [0.4, 0.5) is 0 Å². The zero-order valence-corrected chi connectivity index (χ0v) is 11.0. The van der Waals surface area contributed by atoms with E-state index in [1.165, 1.54) is 13.3 Å². The van der Waals surface area contributed by atoms with Gasteiger partial charge in [-0.3, -0.25) is 5.32 Å². The highest BCUT2D eigenvalue weighted by atomic mass is 35.5. The summed E-state index contributed by atoms with van der Waals surface area (Å²) in [6, 6.07) is 0.247. The average molecular weight is 260 g/mol. The fourth-order valence-corrected chi connectivity index (χ4v) is 1.000. The van der Waals surface area contributed by atoms with Crippen LogP contribution in [0, 0.1) is 0 Å². The minimum absolute atomic E-state index is 0.247. The molecule has 0 rings (SSSR count). The normalized spacial score (nSPS) is 13.1. The highest BCUT2D eigenvalue weighted by molar-refractivity contribution is 6.44. The van der Waals surface area contributed by atoms with Crippen molar-refractivity contribution in [3.8, 4) is 0 Å². The standard InChI is InChI=1S/C10H18ClN5O/c1-5-13-7-8(11)9(16-12-3)15-10(17-4)14-6-2/h6-7,12-13H,2,5H2,1,3-4H3,(H,14,15,16)/b8-7+. The predicted octanol–water partition coefficient (Wildman–Crippen LogP) is 0.944. The number of nitrogens with zero attached hydrogens (tertiary/aromatic N) is 2. The van der Waals surface area contributed by atoms with E-state index in [-0.39, 0.29) is 6.02 Å². The van der Waals surface area contributed by atoms with E-state index in [1.54, 1.807) is 13.2 Å². The van der Waals surface area contributed by atoms with Gasteiger partial charge in [-0.15, -0.1) is 0 Å². The van der Waals surface area contributed by atoms with Crippen molar-refractivity contribution < 1.29 is 4.74 Å². The van der Waals surface area contributed by atoms with E-state index in [0.29, 0.717) is 10.9 Å². The number of methoxy groups -OCH3 is 1. The maximum atomic E-state index is 6.03. The average Bonchev–Trinajstić information content (AvgIpc) is 2.34. The molecule has 0 amide bonds. The summed E-state index contributed by atoms with van der Waals surface area (Å²) >= 11 is 6.03. The Morgan fingerprint density at radius 1 is 1.53 bits per heavy atom. The summed E-state index contributed by atoms with van der Waals surface area (Å²) in [5, 5.41) is 10.2. The van der Waals surface area contributed by atoms with Crippen molar-refractivity contribution in [3.05, 3.63) is 24.0 Å². The molecule has 0 aliphatic heterocycles. The quantitative estimate of drug-likeness (QED) is 0.391. The molecule has 0 aromatic heterocycles. The van der Waals surface area contributed by atoms with Gasteiger partial charge in [-0.05, 0) is 6.92 Å². The molecule has 0 bridgehead atoms. The molecule has 0 aromatic rings. The lowest BCUT2D eigenvalue weighted by Gasteiger charge is -2.09. The third-order valence-electron chi connectivity index (χ3n) is 1.51. The number of nitrogens with one attached hydrogen (secondary N) is 3. The Bertz CT molecular complexity index is 325. The lowest BCUT2D eigenvalue weighted by Crippen LogP contribution is -2.33. The molecule has 6 nitrogen and oxygen atoms in total. The van der Waals surface area contributed by atoms with Crippen molar-refractivity contribution in [3.63, 3.8) is 0 Å². The van der Waals surface area contributed by atoms with Crippen LogP contribution in [-0.4, -0.2) is 32.6 Å². The summed E-state index contributed by atoms with van der Waals surface area (Å²) < 4.78 is 4.97. The molecule has 3 N–H and O–H groups in total. The van der Waals surface area contributed by atoms with Gasteiger partial charge in [-0.1, -0.05) is 18.2 Å². The van der Waals surface area contributed by atoms with Gasteiger partial charge in [-0.25, -0.2) is 4.99 Å². The highest BCUT2D eigenvalue weighted by Gasteiger charge is 2.07. The fourth-order valence-electron chi connectivity index (χ4n) is 0.833. The van der Waals surface area contributed by atoms with Crippen LogP contribution in [0.3, 0.4) is 0 Å². The summed E-state index contributed by atoms with van der Waals surface area (Å²) in [5.74, 6) is 0.387. The van der Waals surface area contributed by atoms with Gasteiger partial charge in [0.1, 0.15) is 5.03 Å². The van der Waals surface area contributed by atoms with Gasteiger partial charge < -0.3 is 15.5 Å². The van der Waals surface area contributed by atoms with E-state index in [2.05, 4.69) is 32.7 Å². The van der Waals surface area contributed by atoms with Crippen molar-refractivity contribution >= 4 is 23.5 Å². The van der Waals surface area contributed by atoms with Crippen molar-refractivity contribution in [2.24, 2.45) is 10.1 Å². The van der Waals surface area contributed by atoms with Crippen molar-refractivity contribution in [1.29, 1.82) is 0 Å². The Balaban J connectivity index is 4.81. The SMILES string of the molecule is C=C/N=C(\NC(=N\NC)/C(Cl)=C\NCC)OC. The number of rotatable bonds is 5. The first kappa shape index (κ1) is 15.3. The molecular weight excluding hydrogens is 242 g/mol. The van der Waals surface area contributed by atoms with Crippen LogP contribution in [-0.2, 0) is 4.74 Å². The van der Waals surface area contributed by atoms with Crippen LogP contribution < -0.4 is 16.1 Å². The summed E-state index contributed by atoms with van der Waals surface area (Å²) in [6.07, 6.45) is 2.98. The summed E-state index contributed by atoms with van der Waals surface area (Å²) in [4.78, 5) is 3.86. The first-order valence-electron chi connectivity index (χ1n) is 5.03. The van der Waals surface area contributed by atoms with E-state index in [4.69, 9.17) is 16.3 Å². The van der Waals surface area contributed by atoms with Crippen LogP contribution in [0.15, 0.2) is 34.1 Å². The second-order valence-electron chi connectivity index (χ2n) is 2.68. The second-order valence-corrected chi connectivity index (χ2v) is 3.09. The molecule has 0 atom stereocenters. The van der Waals surface area contributed by atoms with E-state index in [1.807, 2.05) is 6.92 Å². The lowest BCUT2D eigenvalue weighted by molar-refractivity contribution is 0.390. The molecule has 0 radical (unpaired) electrons. The number of halogens is 1. The molecule has 0 aliphatic carbocycles. The molecule has 0 aliphatic rings. The molecule has 96 valence electrons. The van der Waals surface area contributed by atoms with Gasteiger partial charge in [-0.2, -0.15) is 5.10 Å². The molecule has 7 heteroatoms. The Kier molecular flexibility index (Phi) is 8.58. The van der Waals surface area contributed by atoms with Crippen molar-refractivity contribution in [2.45, 2.75) is 6.92 Å². The van der Waals surface area contributed by atoms with E-state index in [9.17, 15) is 0 Å². The lowest BCUT2D eigenvalue weighted by atomic mass is 10.5. The summed E-state index contributed by atoms with van der Waals surface area (Å²) in [6.45, 7) is 6.20. The van der Waals surface area contributed by atoms with Crippen LogP contribution in [0.1, 0.15) is 6.92 Å². The monoisotopic (exact) mass is 259 g/mol. The molecular formula is C10H18ClN5O. The Morgan fingerprint density at radius 3 is 2.71 bits per heavy atom. The van der Waals surface area contributed by atoms with Crippen LogP contribution >= 0.6 is 11.6 Å². The first-order chi connectivity index (χ1) is 8.19. The Labute approximate surface area is 106 Å². The molecule has 0 saturated heterocycles. The molecule has 0 saturated carbocycles. The number of aliphatic imine (C=N–C) groups is 1. The fraction of sp³-hybridized carbons (Fsp3) is 0.400.